The minimum Gasteiger partial charge on any atom is -0.375 e. The second-order valence-electron chi connectivity index (χ2n) is 19.3. The van der Waals surface area contributed by atoms with Crippen LogP contribution in [0.15, 0.2) is 36.4 Å². The van der Waals surface area contributed by atoms with Gasteiger partial charge < -0.3 is 37.3 Å². The highest BCUT2D eigenvalue weighted by Gasteiger charge is 2.71. The summed E-state index contributed by atoms with van der Waals surface area (Å²) in [6, 6.07) is 6.34. The monoisotopic (exact) mass is 956 g/mol. The average molecular weight is 957 g/mol. The second kappa shape index (κ2) is 16.6. The SMILES string of the molecule is CC1([C@](C(N)=O)(C(=O)OC(N)=O)N2CCCC2C2CC[C@H](C3CCCN3[C@@](C(N)=O)(C(=O)OC(N)=O)C3(C)Cc4ccc3c([N+](=O)[O-])c4)N2c2nc3c(s2)CCCC3)Cc2ccc1c([N+](=O)[O-])c2. The first-order valence-corrected chi connectivity index (χ1v) is 23.5. The summed E-state index contributed by atoms with van der Waals surface area (Å²) < 4.78 is 10.3. The van der Waals surface area contributed by atoms with Crippen LogP contribution in [0.2, 0.25) is 0 Å². The number of primary amides is 4. The summed E-state index contributed by atoms with van der Waals surface area (Å²) in [5, 5.41) is 25.7. The number of nitrogens with zero attached hydrogens (tertiary/aromatic N) is 6. The topological polar surface area (TPSA) is 334 Å². The summed E-state index contributed by atoms with van der Waals surface area (Å²) in [5.74, 6) is -5.16. The number of hydrogen-bond acceptors (Lipinski definition) is 17. The summed E-state index contributed by atoms with van der Waals surface area (Å²) >= 11 is 1.49. The fraction of sp³-hybridized carbons (Fsp3) is 0.533. The fourth-order valence-electron chi connectivity index (χ4n) is 13.5. The number of hydrogen-bond donors (Lipinski definition) is 4. The van der Waals surface area contributed by atoms with Crippen molar-refractivity contribution in [3.8, 4) is 0 Å². The maximum atomic E-state index is 14.8. The molecular weight excluding hydrogens is 905 g/mol. The van der Waals surface area contributed by atoms with Crippen LogP contribution in [-0.2, 0) is 65.2 Å². The van der Waals surface area contributed by atoms with Crippen molar-refractivity contribution >= 4 is 63.8 Å². The van der Waals surface area contributed by atoms with Gasteiger partial charge in [0.2, 0.25) is 11.1 Å². The highest BCUT2D eigenvalue weighted by atomic mass is 32.1. The van der Waals surface area contributed by atoms with E-state index in [0.29, 0.717) is 54.8 Å². The number of rotatable bonds is 13. The highest BCUT2D eigenvalue weighted by molar-refractivity contribution is 7.15. The van der Waals surface area contributed by atoms with Crippen LogP contribution >= 0.6 is 11.3 Å². The number of thiazole rings is 1. The van der Waals surface area contributed by atoms with E-state index in [1.54, 1.807) is 21.9 Å². The lowest BCUT2D eigenvalue weighted by Gasteiger charge is -2.54. The van der Waals surface area contributed by atoms with Crippen LogP contribution in [0.5, 0.6) is 0 Å². The average Bonchev–Trinajstić information content (AvgIpc) is 4.10. The smallest absolute Gasteiger partial charge is 0.375 e. The maximum absolute atomic E-state index is 14.8. The van der Waals surface area contributed by atoms with E-state index in [1.807, 2.05) is 0 Å². The number of carbonyl (C=O) groups excluding carboxylic acids is 6. The van der Waals surface area contributed by atoms with E-state index in [0.717, 1.165) is 36.3 Å². The Hall–Kier alpha value is -6.59. The molecule has 0 saturated carbocycles. The molecule has 8 aliphatic rings. The molecule has 4 amide bonds. The minimum absolute atomic E-state index is 0.0372. The van der Waals surface area contributed by atoms with E-state index < -0.39 is 91.9 Å². The molecule has 3 saturated heterocycles. The van der Waals surface area contributed by atoms with E-state index in [9.17, 15) is 49.0 Å². The Labute approximate surface area is 392 Å². The van der Waals surface area contributed by atoms with Crippen LogP contribution in [0.1, 0.15) is 98.0 Å². The number of anilines is 1. The number of benzene rings is 2. The van der Waals surface area contributed by atoms with Gasteiger partial charge in [-0.2, -0.15) is 0 Å². The second-order valence-corrected chi connectivity index (χ2v) is 20.4. The van der Waals surface area contributed by atoms with Crippen molar-refractivity contribution in [1.29, 1.82) is 0 Å². The third-order valence-electron chi connectivity index (χ3n) is 16.0. The number of ether oxygens (including phenoxy) is 2. The lowest BCUT2D eigenvalue weighted by Crippen LogP contribution is -2.76. The molecule has 5 unspecified atom stereocenters. The first-order chi connectivity index (χ1) is 32.2. The number of carbonyl (C=O) groups is 6. The maximum Gasteiger partial charge on any atom is 0.412 e. The molecule has 3 aromatic rings. The largest absolute Gasteiger partial charge is 0.412 e. The predicted octanol–water partition coefficient (Wildman–Crippen LogP) is 2.82. The molecule has 8 N–H and O–H groups in total. The Morgan fingerprint density at radius 1 is 0.676 bits per heavy atom. The summed E-state index contributed by atoms with van der Waals surface area (Å²) in [7, 11) is 0. The third-order valence-corrected chi connectivity index (χ3v) is 17.2. The van der Waals surface area contributed by atoms with Crippen molar-refractivity contribution in [2.45, 2.75) is 137 Å². The number of nitro benzene ring substituents is 2. The zero-order chi connectivity index (χ0) is 48.8. The number of aryl methyl sites for hydroxylation is 2. The highest BCUT2D eigenvalue weighted by Crippen LogP contribution is 2.56. The van der Waals surface area contributed by atoms with Crippen molar-refractivity contribution in [3.05, 3.63) is 89.5 Å². The quantitative estimate of drug-likeness (QED) is 0.0828. The van der Waals surface area contributed by atoms with E-state index in [1.165, 1.54) is 49.4 Å². The molecular formula is C45H52N10O12S. The zero-order valence-corrected chi connectivity index (χ0v) is 38.3. The third kappa shape index (κ3) is 6.59. The first-order valence-electron chi connectivity index (χ1n) is 22.7. The number of likely N-dealkylation sites (tertiary alicyclic amines) is 2. The van der Waals surface area contributed by atoms with Crippen LogP contribution in [0.4, 0.5) is 26.1 Å². The van der Waals surface area contributed by atoms with Crippen LogP contribution in [-0.4, -0.2) is 109 Å². The normalized spacial score (nSPS) is 28.1. The van der Waals surface area contributed by atoms with Crippen molar-refractivity contribution < 1.29 is 48.1 Å². The molecule has 1 aromatic heterocycles. The molecule has 360 valence electrons. The van der Waals surface area contributed by atoms with Gasteiger partial charge >= 0.3 is 24.1 Å². The van der Waals surface area contributed by atoms with Gasteiger partial charge in [0.1, 0.15) is 0 Å². The Morgan fingerprint density at radius 3 is 1.50 bits per heavy atom. The summed E-state index contributed by atoms with van der Waals surface area (Å²) in [5.41, 5.74) is 16.4. The molecule has 68 heavy (non-hydrogen) atoms. The van der Waals surface area contributed by atoms with Gasteiger partial charge in [-0.05, 0) is 88.2 Å². The van der Waals surface area contributed by atoms with E-state index in [-0.39, 0.29) is 48.4 Å². The molecule has 8 atom stereocenters. The predicted molar refractivity (Wildman–Crippen MR) is 241 cm³/mol. The van der Waals surface area contributed by atoms with Gasteiger partial charge in [0.25, 0.3) is 23.2 Å². The fourth-order valence-corrected chi connectivity index (χ4v) is 14.8. The Morgan fingerprint density at radius 2 is 1.12 bits per heavy atom. The number of nitro groups is 2. The molecule has 11 rings (SSSR count). The van der Waals surface area contributed by atoms with Gasteiger partial charge in [-0.1, -0.05) is 38.1 Å². The number of aromatic nitrogens is 1. The van der Waals surface area contributed by atoms with Crippen molar-refractivity contribution in [2.75, 3.05) is 18.0 Å². The van der Waals surface area contributed by atoms with E-state index >= 15 is 0 Å². The number of esters is 2. The number of amides is 4. The number of nitrogens with two attached hydrogens (primary N) is 4. The molecule has 4 bridgehead atoms. The Kier molecular flexibility index (Phi) is 11.3. The van der Waals surface area contributed by atoms with Crippen LogP contribution in [0, 0.1) is 20.2 Å². The Bertz CT molecular complexity index is 2540. The van der Waals surface area contributed by atoms with Crippen molar-refractivity contribution in [2.24, 2.45) is 22.9 Å². The minimum atomic E-state index is -2.53. The van der Waals surface area contributed by atoms with Gasteiger partial charge in [-0.25, -0.2) is 24.2 Å². The van der Waals surface area contributed by atoms with E-state index in [4.69, 9.17) is 37.4 Å². The molecule has 2 aromatic carbocycles. The summed E-state index contributed by atoms with van der Waals surface area (Å²) in [6.07, 6.45) is 2.57. The number of fused-ring (bicyclic) bond motifs is 7. The first kappa shape index (κ1) is 46.5. The van der Waals surface area contributed by atoms with Crippen LogP contribution in [0.3, 0.4) is 0 Å². The lowest BCUT2D eigenvalue weighted by molar-refractivity contribution is -0.386. The Balaban J connectivity index is 1.21. The molecule has 23 heteroatoms. The molecule has 0 radical (unpaired) electrons. The van der Waals surface area contributed by atoms with Gasteiger partial charge in [-0.15, -0.1) is 11.3 Å². The van der Waals surface area contributed by atoms with E-state index in [2.05, 4.69) is 4.90 Å². The van der Waals surface area contributed by atoms with Gasteiger partial charge in [-0.3, -0.25) is 39.6 Å². The van der Waals surface area contributed by atoms with Crippen molar-refractivity contribution in [3.63, 3.8) is 0 Å². The molecule has 0 spiro atoms. The van der Waals surface area contributed by atoms with Gasteiger partial charge in [0, 0.05) is 76.2 Å². The van der Waals surface area contributed by atoms with Gasteiger partial charge in [0.15, 0.2) is 5.13 Å². The molecule has 4 heterocycles. The summed E-state index contributed by atoms with van der Waals surface area (Å²) in [4.78, 5) is 119. The lowest BCUT2D eigenvalue weighted by atomic mass is 9.58. The molecule has 5 aliphatic carbocycles. The van der Waals surface area contributed by atoms with Crippen molar-refractivity contribution in [1.82, 2.24) is 14.8 Å². The van der Waals surface area contributed by atoms with Crippen LogP contribution in [0.25, 0.3) is 0 Å². The van der Waals surface area contributed by atoms with Gasteiger partial charge in [0.05, 0.1) is 15.5 Å². The zero-order valence-electron chi connectivity index (χ0n) is 37.5. The molecule has 3 aliphatic heterocycles. The molecule has 3 fully saturated rings. The standard InChI is InChI=1S/C45H52N10O12S/c1-42(21-23-11-13-25(42)32(19-23)54(62)63)44(35(46)56,37(58)66-39(48)60)51-17-5-8-28(51)30-15-16-31(53(30)41-50-27-7-3-4-10-34(27)68-41)29-9-6-18-52(29)45(36(47)57,38(59)67-40(49)61)43(2)22-24-12-14-26(43)33(20-24)55(64)65/h11-14,19-20,28-31H,3-10,15-18,21-22H2,1-2H3,(H2,46,56)(H2,47,57)(H2,48,60)(H2,49,61)/t28?,29?,30-,31?,42?,43?,44+,45+/m1/s1. The summed E-state index contributed by atoms with van der Waals surface area (Å²) in [6.45, 7) is 3.20. The van der Waals surface area contributed by atoms with Crippen LogP contribution < -0.4 is 27.8 Å². The molecule has 22 nitrogen and oxygen atoms in total.